The van der Waals surface area contributed by atoms with Crippen molar-refractivity contribution >= 4 is 23.5 Å². The topological polar surface area (TPSA) is 79.2 Å². The number of carbonyl (C=O) groups excluding carboxylic acids is 1. The second-order valence-corrected chi connectivity index (χ2v) is 7.52. The summed E-state index contributed by atoms with van der Waals surface area (Å²) < 4.78 is 1.62. The Balaban J connectivity index is 1.19. The molecule has 3 heterocycles. The van der Waals surface area contributed by atoms with Gasteiger partial charge in [-0.2, -0.15) is 5.10 Å². The van der Waals surface area contributed by atoms with Crippen LogP contribution in [0.1, 0.15) is 16.8 Å². The largest absolute Gasteiger partial charge is 0.352 e. The molecule has 2 aromatic heterocycles. The smallest absolute Gasteiger partial charge is 0.254 e. The lowest BCUT2D eigenvalue weighted by atomic mass is 10.3. The normalized spacial score (nSPS) is 14.6. The summed E-state index contributed by atoms with van der Waals surface area (Å²) in [6.45, 7) is 5.34. The molecule has 1 N–H and O–H groups in total. The van der Waals surface area contributed by atoms with Crippen LogP contribution >= 0.6 is 11.6 Å². The highest BCUT2D eigenvalue weighted by Crippen LogP contribution is 2.19. The van der Waals surface area contributed by atoms with E-state index >= 15 is 0 Å². The van der Waals surface area contributed by atoms with E-state index in [1.54, 1.807) is 35.5 Å². The first-order chi connectivity index (χ1) is 14.7. The number of para-hydroxylation sites is 1. The summed E-state index contributed by atoms with van der Waals surface area (Å²) in [4.78, 5) is 25.6. The number of piperazine rings is 1. The third-order valence-electron chi connectivity index (χ3n) is 5.09. The Bertz CT molecular complexity index is 970. The zero-order valence-corrected chi connectivity index (χ0v) is 17.4. The van der Waals surface area contributed by atoms with Crippen LogP contribution in [-0.2, 0) is 0 Å². The number of nitrogens with one attached hydrogen (secondary N) is 1. The molecule has 156 valence electrons. The number of rotatable bonds is 7. The van der Waals surface area contributed by atoms with E-state index in [1.165, 1.54) is 0 Å². The van der Waals surface area contributed by atoms with Gasteiger partial charge in [-0.05, 0) is 31.2 Å². The van der Waals surface area contributed by atoms with E-state index in [1.807, 2.05) is 24.3 Å². The molecule has 0 spiro atoms. The quantitative estimate of drug-likeness (QED) is 0.585. The van der Waals surface area contributed by atoms with E-state index < -0.39 is 0 Å². The molecule has 0 saturated carbocycles. The third kappa shape index (κ3) is 4.95. The van der Waals surface area contributed by atoms with Crippen LogP contribution in [0.25, 0.3) is 5.69 Å². The van der Waals surface area contributed by atoms with Crippen molar-refractivity contribution < 1.29 is 4.79 Å². The maximum atomic E-state index is 12.4. The number of anilines is 1. The van der Waals surface area contributed by atoms with Crippen molar-refractivity contribution in [1.82, 2.24) is 30.0 Å². The molecule has 0 bridgehead atoms. The molecule has 1 amide bonds. The van der Waals surface area contributed by atoms with Gasteiger partial charge in [0.25, 0.3) is 5.91 Å². The molecule has 0 radical (unpaired) electrons. The van der Waals surface area contributed by atoms with Crippen molar-refractivity contribution in [3.63, 3.8) is 0 Å². The zero-order valence-electron chi connectivity index (χ0n) is 16.6. The Morgan fingerprint density at radius 2 is 1.83 bits per heavy atom. The van der Waals surface area contributed by atoms with E-state index in [4.69, 9.17) is 11.6 Å². The number of amides is 1. The van der Waals surface area contributed by atoms with Gasteiger partial charge in [0, 0.05) is 51.3 Å². The van der Waals surface area contributed by atoms with Gasteiger partial charge in [0.1, 0.15) is 0 Å². The molecule has 8 nitrogen and oxygen atoms in total. The van der Waals surface area contributed by atoms with Crippen LogP contribution in [0.4, 0.5) is 5.95 Å². The highest BCUT2D eigenvalue weighted by molar-refractivity contribution is 6.32. The monoisotopic (exact) mass is 425 g/mol. The highest BCUT2D eigenvalue weighted by atomic mass is 35.5. The molecule has 0 atom stereocenters. The molecule has 1 fully saturated rings. The molecule has 3 aromatic rings. The Kier molecular flexibility index (Phi) is 6.56. The fourth-order valence-corrected chi connectivity index (χ4v) is 3.66. The fourth-order valence-electron chi connectivity index (χ4n) is 3.44. The summed E-state index contributed by atoms with van der Waals surface area (Å²) in [5.41, 5.74) is 1.27. The summed E-state index contributed by atoms with van der Waals surface area (Å²) >= 11 is 6.19. The van der Waals surface area contributed by atoms with Crippen molar-refractivity contribution in [3.05, 3.63) is 65.7 Å². The summed E-state index contributed by atoms with van der Waals surface area (Å²) in [5, 5.41) is 7.81. The molecule has 1 aliphatic heterocycles. The van der Waals surface area contributed by atoms with Crippen LogP contribution < -0.4 is 10.2 Å². The van der Waals surface area contributed by atoms with E-state index in [-0.39, 0.29) is 5.91 Å². The Hall–Kier alpha value is -2.97. The Morgan fingerprint density at radius 3 is 2.60 bits per heavy atom. The molecule has 30 heavy (non-hydrogen) atoms. The fraction of sp³-hybridized carbons (Fsp3) is 0.333. The van der Waals surface area contributed by atoms with Crippen LogP contribution in [0.5, 0.6) is 0 Å². The summed E-state index contributed by atoms with van der Waals surface area (Å²) in [6.07, 6.45) is 7.70. The molecule has 1 aromatic carbocycles. The first-order valence-electron chi connectivity index (χ1n) is 10.0. The molecule has 9 heteroatoms. The molecular weight excluding hydrogens is 402 g/mol. The van der Waals surface area contributed by atoms with E-state index in [0.29, 0.717) is 17.1 Å². The minimum Gasteiger partial charge on any atom is -0.352 e. The van der Waals surface area contributed by atoms with Crippen molar-refractivity contribution in [2.45, 2.75) is 6.42 Å². The number of carbonyl (C=O) groups is 1. The number of nitrogens with zero attached hydrogens (tertiary/aromatic N) is 6. The molecule has 4 rings (SSSR count). The lowest BCUT2D eigenvalue weighted by molar-refractivity contribution is 0.0951. The summed E-state index contributed by atoms with van der Waals surface area (Å²) in [7, 11) is 0. The van der Waals surface area contributed by atoms with Crippen LogP contribution in [-0.4, -0.2) is 69.8 Å². The number of hydrogen-bond acceptors (Lipinski definition) is 6. The van der Waals surface area contributed by atoms with E-state index in [2.05, 4.69) is 30.2 Å². The number of halogens is 1. The minimum atomic E-state index is -0.126. The minimum absolute atomic E-state index is 0.126. The molecular formula is C21H24ClN7O. The predicted molar refractivity (Wildman–Crippen MR) is 116 cm³/mol. The second-order valence-electron chi connectivity index (χ2n) is 7.11. The maximum absolute atomic E-state index is 12.4. The molecule has 0 aliphatic carbocycles. The lowest BCUT2D eigenvalue weighted by Crippen LogP contribution is -2.47. The molecule has 1 saturated heterocycles. The summed E-state index contributed by atoms with van der Waals surface area (Å²) in [6, 6.07) is 9.23. The standard InChI is InChI=1S/C21H24ClN7O/c22-18-5-1-2-6-19(18)29-16-17(15-26-29)20(30)23-9-4-10-27-11-13-28(14-12-27)21-24-7-3-8-25-21/h1-3,5-8,15-16H,4,9-14H2,(H,23,30). The van der Waals surface area contributed by atoms with Crippen molar-refractivity contribution in [2.75, 3.05) is 44.2 Å². The number of benzene rings is 1. The van der Waals surface area contributed by atoms with Gasteiger partial charge in [-0.1, -0.05) is 23.7 Å². The Morgan fingerprint density at radius 1 is 1.07 bits per heavy atom. The first kappa shape index (κ1) is 20.3. The SMILES string of the molecule is O=C(NCCCN1CCN(c2ncccn2)CC1)c1cnn(-c2ccccc2Cl)c1. The first-order valence-corrected chi connectivity index (χ1v) is 10.4. The predicted octanol–water partition coefficient (Wildman–Crippen LogP) is 2.26. The van der Waals surface area contributed by atoms with Crippen molar-refractivity contribution in [2.24, 2.45) is 0 Å². The molecule has 1 aliphatic rings. The van der Waals surface area contributed by atoms with Crippen LogP contribution in [0, 0.1) is 0 Å². The van der Waals surface area contributed by atoms with Gasteiger partial charge in [-0.15, -0.1) is 0 Å². The maximum Gasteiger partial charge on any atom is 0.254 e. The zero-order chi connectivity index (χ0) is 20.8. The van der Waals surface area contributed by atoms with Crippen LogP contribution in [0.3, 0.4) is 0 Å². The molecule has 0 unspecified atom stereocenters. The van der Waals surface area contributed by atoms with Gasteiger partial charge in [0.05, 0.1) is 22.5 Å². The van der Waals surface area contributed by atoms with E-state index in [9.17, 15) is 4.79 Å². The van der Waals surface area contributed by atoms with Crippen LogP contribution in [0.15, 0.2) is 55.1 Å². The van der Waals surface area contributed by atoms with Gasteiger partial charge < -0.3 is 10.2 Å². The van der Waals surface area contributed by atoms with Gasteiger partial charge in [0.2, 0.25) is 5.95 Å². The van der Waals surface area contributed by atoms with Crippen molar-refractivity contribution in [1.29, 1.82) is 0 Å². The highest BCUT2D eigenvalue weighted by Gasteiger charge is 2.18. The van der Waals surface area contributed by atoms with Crippen LogP contribution in [0.2, 0.25) is 5.02 Å². The van der Waals surface area contributed by atoms with Crippen molar-refractivity contribution in [3.8, 4) is 5.69 Å². The number of hydrogen-bond donors (Lipinski definition) is 1. The third-order valence-corrected chi connectivity index (χ3v) is 5.41. The Labute approximate surface area is 180 Å². The van der Waals surface area contributed by atoms with Gasteiger partial charge in [-0.3, -0.25) is 9.69 Å². The van der Waals surface area contributed by atoms with Gasteiger partial charge in [-0.25, -0.2) is 14.6 Å². The summed E-state index contributed by atoms with van der Waals surface area (Å²) in [5.74, 6) is 0.668. The lowest BCUT2D eigenvalue weighted by Gasteiger charge is -2.34. The van der Waals surface area contributed by atoms with E-state index in [0.717, 1.165) is 50.8 Å². The average molecular weight is 426 g/mol. The average Bonchev–Trinajstić information content (AvgIpc) is 3.28. The van der Waals surface area contributed by atoms with Gasteiger partial charge >= 0.3 is 0 Å². The second kappa shape index (κ2) is 9.69. The van der Waals surface area contributed by atoms with Gasteiger partial charge in [0.15, 0.2) is 0 Å². The number of aromatic nitrogens is 4.